The highest BCUT2D eigenvalue weighted by atomic mass is 16.7. The van der Waals surface area contributed by atoms with E-state index in [4.69, 9.17) is 20.6 Å². The molecule has 1 atom stereocenters. The van der Waals surface area contributed by atoms with Crippen molar-refractivity contribution in [2.24, 2.45) is 0 Å². The Bertz CT molecular complexity index is 1000. The SMILES string of the molecule is C#CCCC(=O)N[C@H]1Cc2cccc(C(=O)OCOC(=O)c3ccccc3)c2OB1O. The molecule has 0 unspecified atom stereocenters. The predicted molar refractivity (Wildman–Crippen MR) is 111 cm³/mol. The van der Waals surface area contributed by atoms with Gasteiger partial charge < -0.3 is 24.5 Å². The predicted octanol–water partition coefficient (Wildman–Crippen LogP) is 1.51. The summed E-state index contributed by atoms with van der Waals surface area (Å²) in [5.41, 5.74) is 1.02. The van der Waals surface area contributed by atoms with Gasteiger partial charge in [-0.05, 0) is 30.2 Å². The molecule has 0 aromatic heterocycles. The van der Waals surface area contributed by atoms with Crippen molar-refractivity contribution >= 4 is 25.0 Å². The zero-order valence-electron chi connectivity index (χ0n) is 16.6. The summed E-state index contributed by atoms with van der Waals surface area (Å²) in [5.74, 6) is 0.146. The van der Waals surface area contributed by atoms with Crippen molar-refractivity contribution < 1.29 is 33.5 Å². The van der Waals surface area contributed by atoms with Crippen molar-refractivity contribution in [3.63, 3.8) is 0 Å². The summed E-state index contributed by atoms with van der Waals surface area (Å²) in [7, 11) is -1.35. The maximum atomic E-state index is 12.5. The highest BCUT2D eigenvalue weighted by molar-refractivity contribution is 6.47. The summed E-state index contributed by atoms with van der Waals surface area (Å²) < 4.78 is 15.5. The van der Waals surface area contributed by atoms with Crippen LogP contribution in [0.3, 0.4) is 0 Å². The molecule has 9 heteroatoms. The molecule has 158 valence electrons. The van der Waals surface area contributed by atoms with Crippen LogP contribution in [0.2, 0.25) is 0 Å². The summed E-state index contributed by atoms with van der Waals surface area (Å²) in [6.45, 7) is -0.577. The number of hydrogen-bond donors (Lipinski definition) is 2. The average molecular weight is 421 g/mol. The van der Waals surface area contributed by atoms with Gasteiger partial charge in [-0.15, -0.1) is 12.3 Å². The molecule has 8 nitrogen and oxygen atoms in total. The van der Waals surface area contributed by atoms with Gasteiger partial charge in [0, 0.05) is 12.8 Å². The molecule has 0 aliphatic carbocycles. The van der Waals surface area contributed by atoms with Gasteiger partial charge in [0.1, 0.15) is 11.3 Å². The number of rotatable bonds is 7. The molecular weight excluding hydrogens is 401 g/mol. The van der Waals surface area contributed by atoms with Crippen molar-refractivity contribution in [1.82, 2.24) is 5.32 Å². The minimum absolute atomic E-state index is 0.0735. The summed E-state index contributed by atoms with van der Waals surface area (Å²) in [6.07, 6.45) is 5.83. The smallest absolute Gasteiger partial charge is 0.534 e. The Hall–Kier alpha value is -3.77. The van der Waals surface area contributed by atoms with Crippen LogP contribution in [0.15, 0.2) is 48.5 Å². The largest absolute Gasteiger partial charge is 0.547 e. The number of amides is 1. The minimum atomic E-state index is -1.35. The van der Waals surface area contributed by atoms with Crippen LogP contribution in [0.1, 0.15) is 39.1 Å². The van der Waals surface area contributed by atoms with Crippen LogP contribution in [0.4, 0.5) is 0 Å². The molecule has 0 bridgehead atoms. The molecular formula is C22H20BNO7. The Morgan fingerprint density at radius 1 is 1.13 bits per heavy atom. The lowest BCUT2D eigenvalue weighted by atomic mass is 9.72. The molecule has 2 aromatic carbocycles. The van der Waals surface area contributed by atoms with E-state index in [0.29, 0.717) is 11.1 Å². The standard InChI is InChI=1S/C22H20BNO7/c1-2-3-12-19(25)24-18-13-16-10-7-11-17(20(16)31-23(18)28)22(27)30-14-29-21(26)15-8-5-4-6-9-15/h1,4-11,18,28H,3,12-14H2,(H,24,25)/t18-/m0/s1. The van der Waals surface area contributed by atoms with E-state index in [-0.39, 0.29) is 36.5 Å². The highest BCUT2D eigenvalue weighted by Crippen LogP contribution is 2.30. The van der Waals surface area contributed by atoms with Crippen molar-refractivity contribution in [2.45, 2.75) is 25.2 Å². The van der Waals surface area contributed by atoms with Crippen LogP contribution >= 0.6 is 0 Å². The normalized spacial score (nSPS) is 14.5. The molecule has 3 rings (SSSR count). The number of nitrogens with one attached hydrogen (secondary N) is 1. The fourth-order valence-electron chi connectivity index (χ4n) is 3.04. The molecule has 1 heterocycles. The fourth-order valence-corrected chi connectivity index (χ4v) is 3.04. The lowest BCUT2D eigenvalue weighted by Crippen LogP contribution is -2.53. The van der Waals surface area contributed by atoms with E-state index in [1.807, 2.05) is 0 Å². The van der Waals surface area contributed by atoms with Crippen LogP contribution in [0.25, 0.3) is 0 Å². The summed E-state index contributed by atoms with van der Waals surface area (Å²) in [5, 5.41) is 12.9. The van der Waals surface area contributed by atoms with Gasteiger partial charge in [0.05, 0.1) is 11.5 Å². The van der Waals surface area contributed by atoms with Crippen LogP contribution in [0, 0.1) is 12.3 Å². The maximum Gasteiger partial charge on any atom is 0.547 e. The van der Waals surface area contributed by atoms with E-state index in [0.717, 1.165) is 0 Å². The monoisotopic (exact) mass is 421 g/mol. The number of para-hydroxylation sites is 1. The molecule has 1 aliphatic heterocycles. The zero-order chi connectivity index (χ0) is 22.2. The molecule has 1 amide bonds. The first-order valence-electron chi connectivity index (χ1n) is 9.58. The number of esters is 2. The van der Waals surface area contributed by atoms with Crippen LogP contribution in [-0.2, 0) is 20.7 Å². The zero-order valence-corrected chi connectivity index (χ0v) is 16.6. The first-order chi connectivity index (χ1) is 15.0. The van der Waals surface area contributed by atoms with Crippen molar-refractivity contribution in [3.8, 4) is 18.1 Å². The van der Waals surface area contributed by atoms with E-state index in [1.165, 1.54) is 6.07 Å². The Balaban J connectivity index is 1.61. The molecule has 31 heavy (non-hydrogen) atoms. The molecule has 2 N–H and O–H groups in total. The quantitative estimate of drug-likeness (QED) is 0.302. The topological polar surface area (TPSA) is 111 Å². The molecule has 1 aliphatic rings. The minimum Gasteiger partial charge on any atom is -0.534 e. The lowest BCUT2D eigenvalue weighted by molar-refractivity contribution is -0.121. The molecule has 0 radical (unpaired) electrons. The van der Waals surface area contributed by atoms with Gasteiger partial charge in [-0.1, -0.05) is 30.3 Å². The van der Waals surface area contributed by atoms with Crippen LogP contribution in [0.5, 0.6) is 5.75 Å². The maximum absolute atomic E-state index is 12.5. The van der Waals surface area contributed by atoms with Gasteiger partial charge in [-0.25, -0.2) is 9.59 Å². The van der Waals surface area contributed by atoms with Crippen molar-refractivity contribution in [1.29, 1.82) is 0 Å². The molecule has 2 aromatic rings. The van der Waals surface area contributed by atoms with Gasteiger partial charge in [0.15, 0.2) is 0 Å². The van der Waals surface area contributed by atoms with Gasteiger partial charge in [-0.3, -0.25) is 4.79 Å². The number of ether oxygens (including phenoxy) is 2. The van der Waals surface area contributed by atoms with Crippen LogP contribution in [-0.4, -0.2) is 42.7 Å². The Kier molecular flexibility index (Phi) is 7.30. The number of carbonyl (C=O) groups is 3. The van der Waals surface area contributed by atoms with E-state index in [9.17, 15) is 19.4 Å². The number of terminal acetylenes is 1. The lowest BCUT2D eigenvalue weighted by Gasteiger charge is -2.29. The summed E-state index contributed by atoms with van der Waals surface area (Å²) >= 11 is 0. The van der Waals surface area contributed by atoms with Gasteiger partial charge in [0.25, 0.3) is 0 Å². The van der Waals surface area contributed by atoms with Gasteiger partial charge in [0.2, 0.25) is 12.7 Å². The third-order valence-corrected chi connectivity index (χ3v) is 4.57. The Morgan fingerprint density at radius 2 is 1.87 bits per heavy atom. The number of fused-ring (bicyclic) bond motifs is 1. The number of carbonyl (C=O) groups excluding carboxylic acids is 3. The second-order valence-corrected chi connectivity index (χ2v) is 6.73. The van der Waals surface area contributed by atoms with Crippen LogP contribution < -0.4 is 9.97 Å². The first kappa shape index (κ1) is 21.9. The van der Waals surface area contributed by atoms with E-state index >= 15 is 0 Å². The molecule has 0 saturated carbocycles. The average Bonchev–Trinajstić information content (AvgIpc) is 2.78. The second kappa shape index (κ2) is 10.3. The van der Waals surface area contributed by atoms with Gasteiger partial charge in [-0.2, -0.15) is 0 Å². The third-order valence-electron chi connectivity index (χ3n) is 4.57. The Morgan fingerprint density at radius 3 is 2.61 bits per heavy atom. The second-order valence-electron chi connectivity index (χ2n) is 6.73. The third kappa shape index (κ3) is 5.65. The molecule has 0 spiro atoms. The number of hydrogen-bond acceptors (Lipinski definition) is 7. The summed E-state index contributed by atoms with van der Waals surface area (Å²) in [6, 6.07) is 13.1. The number of benzene rings is 2. The fraction of sp³-hybridized carbons (Fsp3) is 0.227. The molecule has 0 saturated heterocycles. The van der Waals surface area contributed by atoms with E-state index in [2.05, 4.69) is 11.2 Å². The van der Waals surface area contributed by atoms with E-state index in [1.54, 1.807) is 42.5 Å². The molecule has 0 fully saturated rings. The highest BCUT2D eigenvalue weighted by Gasteiger charge is 2.37. The van der Waals surface area contributed by atoms with E-state index < -0.39 is 31.8 Å². The van der Waals surface area contributed by atoms with Crippen molar-refractivity contribution in [2.75, 3.05) is 6.79 Å². The Labute approximate surface area is 179 Å². The summed E-state index contributed by atoms with van der Waals surface area (Å²) in [4.78, 5) is 36.3. The van der Waals surface area contributed by atoms with Crippen molar-refractivity contribution in [3.05, 3.63) is 65.2 Å². The first-order valence-corrected chi connectivity index (χ1v) is 9.58. The van der Waals surface area contributed by atoms with Gasteiger partial charge >= 0.3 is 19.1 Å².